The number of fused-ring (bicyclic) bond motifs is 1. The molecule has 7 heteroatoms. The molecule has 1 N–H and O–H groups in total. The van der Waals surface area contributed by atoms with Crippen LogP contribution in [0.4, 0.5) is 0 Å². The number of carbonyl (C=O) groups excluding carboxylic acids is 2. The summed E-state index contributed by atoms with van der Waals surface area (Å²) < 4.78 is 11.1. The Labute approximate surface area is 138 Å². The Balaban J connectivity index is 1.72. The number of hydrogen-bond acceptors (Lipinski definition) is 5. The van der Waals surface area contributed by atoms with Crippen LogP contribution in [0.15, 0.2) is 45.6 Å². The summed E-state index contributed by atoms with van der Waals surface area (Å²) in [6.07, 6.45) is 4.36. The molecule has 0 aliphatic heterocycles. The number of ether oxygens (including phenoxy) is 1. The zero-order valence-corrected chi connectivity index (χ0v) is 13.5. The van der Waals surface area contributed by atoms with Crippen LogP contribution < -0.4 is 11.1 Å². The second-order valence-electron chi connectivity index (χ2n) is 5.16. The van der Waals surface area contributed by atoms with Gasteiger partial charge in [0.2, 0.25) is 5.91 Å². The molecule has 128 valence electrons. The number of aromatic nitrogens is 1. The number of amides is 1. The minimum Gasteiger partial charge on any atom is -0.466 e. The highest BCUT2D eigenvalue weighted by Crippen LogP contribution is 2.12. The SMILES string of the molecule is COC(=O)/C=C/CCNC(=O)CCCn1c(=O)oc2ccccc21. The smallest absolute Gasteiger partial charge is 0.419 e. The van der Waals surface area contributed by atoms with Crippen molar-refractivity contribution in [3.63, 3.8) is 0 Å². The van der Waals surface area contributed by atoms with Gasteiger partial charge in [0.05, 0.1) is 12.6 Å². The highest BCUT2D eigenvalue weighted by Gasteiger charge is 2.08. The fraction of sp³-hybridized carbons (Fsp3) is 0.353. The number of nitrogens with zero attached hydrogens (tertiary/aromatic N) is 1. The van der Waals surface area contributed by atoms with E-state index in [2.05, 4.69) is 10.1 Å². The van der Waals surface area contributed by atoms with Gasteiger partial charge in [-0.1, -0.05) is 18.2 Å². The first-order valence-electron chi connectivity index (χ1n) is 7.71. The fourth-order valence-corrected chi connectivity index (χ4v) is 2.25. The quantitative estimate of drug-likeness (QED) is 0.450. The molecule has 0 spiro atoms. The average Bonchev–Trinajstić information content (AvgIpc) is 2.90. The first-order valence-corrected chi connectivity index (χ1v) is 7.71. The standard InChI is InChI=1S/C17H20N2O5/c1-23-16(21)10-4-5-11-18-15(20)9-6-12-19-13-7-2-3-8-14(13)24-17(19)22/h2-4,7-8,10H,5-6,9,11-12H2,1H3,(H,18,20)/b10-4+. The van der Waals surface area contributed by atoms with E-state index in [4.69, 9.17) is 4.42 Å². The molecule has 7 nitrogen and oxygen atoms in total. The third-order valence-electron chi connectivity index (χ3n) is 3.45. The maximum Gasteiger partial charge on any atom is 0.419 e. The predicted octanol–water partition coefficient (Wildman–Crippen LogP) is 1.61. The van der Waals surface area contributed by atoms with Crippen LogP contribution in [0.2, 0.25) is 0 Å². The van der Waals surface area contributed by atoms with Gasteiger partial charge in [0, 0.05) is 25.6 Å². The molecule has 0 fully saturated rings. The Hall–Kier alpha value is -2.83. The summed E-state index contributed by atoms with van der Waals surface area (Å²) >= 11 is 0. The lowest BCUT2D eigenvalue weighted by molar-refractivity contribution is -0.134. The third kappa shape index (κ3) is 4.84. The van der Waals surface area contributed by atoms with Gasteiger partial charge in [0.25, 0.3) is 0 Å². The topological polar surface area (TPSA) is 90.5 Å². The largest absolute Gasteiger partial charge is 0.466 e. The number of carbonyl (C=O) groups is 2. The van der Waals surface area contributed by atoms with Crippen molar-refractivity contribution in [3.8, 4) is 0 Å². The number of benzene rings is 1. The molecule has 0 bridgehead atoms. The molecule has 0 saturated carbocycles. The van der Waals surface area contributed by atoms with Crippen LogP contribution in [0.5, 0.6) is 0 Å². The first kappa shape index (κ1) is 17.5. The van der Waals surface area contributed by atoms with E-state index in [1.807, 2.05) is 12.1 Å². The summed E-state index contributed by atoms with van der Waals surface area (Å²) in [6.45, 7) is 0.867. The molecular weight excluding hydrogens is 312 g/mol. The lowest BCUT2D eigenvalue weighted by Crippen LogP contribution is -2.24. The van der Waals surface area contributed by atoms with E-state index in [0.717, 1.165) is 5.52 Å². The van der Waals surface area contributed by atoms with Gasteiger partial charge in [-0.05, 0) is 25.0 Å². The van der Waals surface area contributed by atoms with Crippen LogP contribution in [-0.2, 0) is 20.9 Å². The van der Waals surface area contributed by atoms with Crippen molar-refractivity contribution in [1.29, 1.82) is 0 Å². The Bertz CT molecular complexity index is 788. The van der Waals surface area contributed by atoms with Crippen molar-refractivity contribution in [3.05, 3.63) is 47.0 Å². The van der Waals surface area contributed by atoms with Crippen molar-refractivity contribution in [2.75, 3.05) is 13.7 Å². The summed E-state index contributed by atoms with van der Waals surface area (Å²) in [5.74, 6) is -0.925. The van der Waals surface area contributed by atoms with Crippen molar-refractivity contribution >= 4 is 23.0 Å². The molecule has 1 aromatic carbocycles. The van der Waals surface area contributed by atoms with Crippen LogP contribution in [0, 0.1) is 0 Å². The normalized spacial score (nSPS) is 11.0. The van der Waals surface area contributed by atoms with Gasteiger partial charge in [-0.3, -0.25) is 9.36 Å². The van der Waals surface area contributed by atoms with Gasteiger partial charge in [-0.25, -0.2) is 9.59 Å². The molecule has 1 amide bonds. The molecule has 0 unspecified atom stereocenters. The maximum absolute atomic E-state index is 11.8. The fourth-order valence-electron chi connectivity index (χ4n) is 2.25. The molecule has 2 aromatic rings. The molecule has 0 atom stereocenters. The van der Waals surface area contributed by atoms with Crippen molar-refractivity contribution < 1.29 is 18.7 Å². The molecule has 0 aliphatic rings. The average molecular weight is 332 g/mol. The highest BCUT2D eigenvalue weighted by atomic mass is 16.5. The van der Waals surface area contributed by atoms with Gasteiger partial charge in [0.1, 0.15) is 0 Å². The first-order chi connectivity index (χ1) is 11.6. The van der Waals surface area contributed by atoms with Crippen LogP contribution in [0.3, 0.4) is 0 Å². The number of hydrogen-bond donors (Lipinski definition) is 1. The van der Waals surface area contributed by atoms with E-state index in [-0.39, 0.29) is 5.91 Å². The minimum atomic E-state index is -0.417. The molecule has 0 saturated heterocycles. The maximum atomic E-state index is 11.8. The summed E-state index contributed by atoms with van der Waals surface area (Å²) in [5, 5.41) is 2.75. The van der Waals surface area contributed by atoms with E-state index in [1.54, 1.807) is 18.2 Å². The summed E-state index contributed by atoms with van der Waals surface area (Å²) in [6, 6.07) is 7.19. The van der Waals surface area contributed by atoms with E-state index in [0.29, 0.717) is 37.9 Å². The number of nitrogens with one attached hydrogen (secondary N) is 1. The van der Waals surface area contributed by atoms with E-state index in [9.17, 15) is 14.4 Å². The summed E-state index contributed by atoms with van der Waals surface area (Å²) in [7, 11) is 1.31. The van der Waals surface area contributed by atoms with E-state index >= 15 is 0 Å². The molecular formula is C17H20N2O5. The van der Waals surface area contributed by atoms with Crippen LogP contribution in [0.1, 0.15) is 19.3 Å². The van der Waals surface area contributed by atoms with Crippen LogP contribution in [0.25, 0.3) is 11.1 Å². The lowest BCUT2D eigenvalue weighted by Gasteiger charge is -2.04. The number of methoxy groups -OCH3 is 1. The summed E-state index contributed by atoms with van der Waals surface area (Å²) in [5.41, 5.74) is 1.28. The van der Waals surface area contributed by atoms with Gasteiger partial charge in [-0.2, -0.15) is 0 Å². The summed E-state index contributed by atoms with van der Waals surface area (Å²) in [4.78, 5) is 34.4. The van der Waals surface area contributed by atoms with Crippen molar-refractivity contribution in [2.45, 2.75) is 25.8 Å². The van der Waals surface area contributed by atoms with Crippen LogP contribution in [-0.4, -0.2) is 30.1 Å². The molecule has 2 rings (SSSR count). The number of para-hydroxylation sites is 2. The van der Waals surface area contributed by atoms with E-state index in [1.165, 1.54) is 17.8 Å². The molecule has 1 heterocycles. The number of rotatable bonds is 8. The number of aryl methyl sites for hydroxylation is 1. The lowest BCUT2D eigenvalue weighted by atomic mass is 10.2. The van der Waals surface area contributed by atoms with E-state index < -0.39 is 11.7 Å². The molecule has 0 aliphatic carbocycles. The van der Waals surface area contributed by atoms with Gasteiger partial charge in [-0.15, -0.1) is 0 Å². The van der Waals surface area contributed by atoms with Gasteiger partial charge < -0.3 is 14.5 Å². The number of esters is 1. The second kappa shape index (κ2) is 8.71. The van der Waals surface area contributed by atoms with Crippen molar-refractivity contribution in [2.24, 2.45) is 0 Å². The molecule has 1 aromatic heterocycles. The van der Waals surface area contributed by atoms with Crippen molar-refractivity contribution in [1.82, 2.24) is 9.88 Å². The Morgan fingerprint density at radius 3 is 2.92 bits per heavy atom. The highest BCUT2D eigenvalue weighted by molar-refractivity contribution is 5.81. The second-order valence-corrected chi connectivity index (χ2v) is 5.16. The minimum absolute atomic E-state index is 0.0951. The predicted molar refractivity (Wildman–Crippen MR) is 88.5 cm³/mol. The Kier molecular flexibility index (Phi) is 6.36. The number of oxazole rings is 1. The van der Waals surface area contributed by atoms with Crippen LogP contribution >= 0.6 is 0 Å². The zero-order chi connectivity index (χ0) is 17.4. The Morgan fingerprint density at radius 2 is 2.12 bits per heavy atom. The molecule has 24 heavy (non-hydrogen) atoms. The monoisotopic (exact) mass is 332 g/mol. The van der Waals surface area contributed by atoms with Gasteiger partial charge >= 0.3 is 11.7 Å². The Morgan fingerprint density at radius 1 is 1.33 bits per heavy atom. The zero-order valence-electron chi connectivity index (χ0n) is 13.5. The third-order valence-corrected chi connectivity index (χ3v) is 3.45. The molecule has 0 radical (unpaired) electrons. The van der Waals surface area contributed by atoms with Gasteiger partial charge in [0.15, 0.2) is 5.58 Å².